The molecule has 0 aliphatic heterocycles. The third kappa shape index (κ3) is 4.38. The summed E-state index contributed by atoms with van der Waals surface area (Å²) in [5, 5.41) is 3.68. The van der Waals surface area contributed by atoms with Crippen LogP contribution in [0, 0.1) is 13.8 Å². The van der Waals surface area contributed by atoms with E-state index < -0.39 is 10.0 Å². The summed E-state index contributed by atoms with van der Waals surface area (Å²) in [5.41, 5.74) is 2.38. The third-order valence-corrected chi connectivity index (χ3v) is 6.51. The van der Waals surface area contributed by atoms with Gasteiger partial charge in [-0.2, -0.15) is 0 Å². The maximum absolute atomic E-state index is 12.6. The van der Waals surface area contributed by atoms with Crippen LogP contribution in [-0.4, -0.2) is 21.4 Å². The number of hydrogen-bond donors (Lipinski definition) is 2. The van der Waals surface area contributed by atoms with E-state index >= 15 is 0 Å². The summed E-state index contributed by atoms with van der Waals surface area (Å²) in [6.07, 6.45) is 0. The van der Waals surface area contributed by atoms with Crippen molar-refractivity contribution in [2.24, 2.45) is 0 Å². The molecule has 0 aromatic heterocycles. The molecule has 140 valence electrons. The molecule has 26 heavy (non-hydrogen) atoms. The molecular weight excluding hydrogens is 395 g/mol. The van der Waals surface area contributed by atoms with E-state index in [4.69, 9.17) is 23.2 Å². The van der Waals surface area contributed by atoms with Gasteiger partial charge in [0.05, 0.1) is 21.0 Å². The summed E-state index contributed by atoms with van der Waals surface area (Å²) in [5.74, 6) is -0.376. The molecule has 2 rings (SSSR count). The lowest BCUT2D eigenvalue weighted by Crippen LogP contribution is -2.27. The highest BCUT2D eigenvalue weighted by atomic mass is 35.5. The van der Waals surface area contributed by atoms with Crippen molar-refractivity contribution in [1.29, 1.82) is 0 Å². The monoisotopic (exact) mass is 414 g/mol. The van der Waals surface area contributed by atoms with Crippen molar-refractivity contribution in [3.63, 3.8) is 0 Å². The molecule has 0 spiro atoms. The van der Waals surface area contributed by atoms with Gasteiger partial charge in [-0.1, -0.05) is 29.3 Å². The number of aryl methyl sites for hydroxylation is 1. The number of nitrogens with one attached hydrogen (secondary N) is 2. The number of hydrogen-bond acceptors (Lipinski definition) is 3. The van der Waals surface area contributed by atoms with Crippen LogP contribution in [0.2, 0.25) is 10.0 Å². The first-order chi connectivity index (χ1) is 12.1. The average molecular weight is 415 g/mol. The SMILES string of the molecule is CNS(=O)(=O)c1cc(C(=O)NC(C)c2ccc(Cl)c(Cl)c2)cc(C)c1C. The summed E-state index contributed by atoms with van der Waals surface area (Å²) in [6.45, 7) is 5.28. The summed E-state index contributed by atoms with van der Waals surface area (Å²) >= 11 is 11.9. The lowest BCUT2D eigenvalue weighted by molar-refractivity contribution is 0.0939. The molecule has 8 heteroatoms. The van der Waals surface area contributed by atoms with Gasteiger partial charge in [-0.25, -0.2) is 13.1 Å². The van der Waals surface area contributed by atoms with Gasteiger partial charge in [0.1, 0.15) is 0 Å². The first-order valence-corrected chi connectivity index (χ1v) is 10.1. The van der Waals surface area contributed by atoms with Crippen LogP contribution in [0.4, 0.5) is 0 Å². The Bertz CT molecular complexity index is 959. The highest BCUT2D eigenvalue weighted by molar-refractivity contribution is 7.89. The lowest BCUT2D eigenvalue weighted by atomic mass is 10.0. The van der Waals surface area contributed by atoms with E-state index in [0.29, 0.717) is 21.2 Å². The fourth-order valence-electron chi connectivity index (χ4n) is 2.49. The molecule has 0 saturated carbocycles. The minimum absolute atomic E-state index is 0.0901. The summed E-state index contributed by atoms with van der Waals surface area (Å²) in [6, 6.07) is 7.84. The second-order valence-electron chi connectivity index (χ2n) is 5.99. The van der Waals surface area contributed by atoms with Gasteiger partial charge in [-0.15, -0.1) is 0 Å². The predicted molar refractivity (Wildman–Crippen MR) is 105 cm³/mol. The molecule has 0 aliphatic carbocycles. The van der Waals surface area contributed by atoms with Crippen LogP contribution in [0.3, 0.4) is 0 Å². The molecule has 2 N–H and O–H groups in total. The summed E-state index contributed by atoms with van der Waals surface area (Å²) in [4.78, 5) is 12.7. The van der Waals surface area contributed by atoms with Crippen LogP contribution in [0.5, 0.6) is 0 Å². The third-order valence-electron chi connectivity index (χ3n) is 4.23. The molecule has 0 saturated heterocycles. The van der Waals surface area contributed by atoms with Crippen LogP contribution >= 0.6 is 23.2 Å². The van der Waals surface area contributed by atoms with E-state index in [0.717, 1.165) is 5.56 Å². The minimum Gasteiger partial charge on any atom is -0.346 e. The number of rotatable bonds is 5. The Hall–Kier alpha value is -1.60. The standard InChI is InChI=1S/C18H20Cl2N2O3S/c1-10-7-14(9-17(11(10)2)26(24,25)21-4)18(23)22-12(3)13-5-6-15(19)16(20)8-13/h5-9,12,21H,1-4H3,(H,22,23). The van der Waals surface area contributed by atoms with E-state index in [1.54, 1.807) is 38.1 Å². The van der Waals surface area contributed by atoms with E-state index in [1.165, 1.54) is 13.1 Å². The van der Waals surface area contributed by atoms with Gasteiger partial charge < -0.3 is 5.32 Å². The molecule has 0 radical (unpaired) electrons. The predicted octanol–water partition coefficient (Wildman–Crippen LogP) is 4.01. The van der Waals surface area contributed by atoms with Crippen LogP contribution < -0.4 is 10.0 Å². The molecule has 1 unspecified atom stereocenters. The van der Waals surface area contributed by atoms with Crippen molar-refractivity contribution in [3.8, 4) is 0 Å². The molecule has 5 nitrogen and oxygen atoms in total. The second-order valence-corrected chi connectivity index (χ2v) is 8.66. The first-order valence-electron chi connectivity index (χ1n) is 7.87. The van der Waals surface area contributed by atoms with Crippen LogP contribution in [0.25, 0.3) is 0 Å². The number of carbonyl (C=O) groups excluding carboxylic acids is 1. The highest BCUT2D eigenvalue weighted by Crippen LogP contribution is 2.26. The van der Waals surface area contributed by atoms with Gasteiger partial charge >= 0.3 is 0 Å². The molecule has 2 aromatic rings. The van der Waals surface area contributed by atoms with E-state index in [2.05, 4.69) is 10.0 Å². The zero-order chi connectivity index (χ0) is 19.6. The average Bonchev–Trinajstić information content (AvgIpc) is 2.59. The van der Waals surface area contributed by atoms with Crippen molar-refractivity contribution in [2.45, 2.75) is 31.7 Å². The normalized spacial score (nSPS) is 12.7. The Morgan fingerprint density at radius 1 is 1.08 bits per heavy atom. The van der Waals surface area contributed by atoms with Gasteiger partial charge in [0.2, 0.25) is 10.0 Å². The Kier molecular flexibility index (Phi) is 6.34. The van der Waals surface area contributed by atoms with Crippen LogP contribution in [0.1, 0.15) is 40.0 Å². The molecule has 0 fully saturated rings. The molecule has 1 atom stereocenters. The van der Waals surface area contributed by atoms with Crippen molar-refractivity contribution >= 4 is 39.1 Å². The Morgan fingerprint density at radius 3 is 2.31 bits per heavy atom. The summed E-state index contributed by atoms with van der Waals surface area (Å²) in [7, 11) is -2.32. The Morgan fingerprint density at radius 2 is 1.73 bits per heavy atom. The number of carbonyl (C=O) groups is 1. The Labute approximate surface area is 163 Å². The van der Waals surface area contributed by atoms with Gasteiger partial charge in [0, 0.05) is 5.56 Å². The molecule has 2 aromatic carbocycles. The molecule has 1 amide bonds. The van der Waals surface area contributed by atoms with E-state index in [1.807, 2.05) is 6.92 Å². The van der Waals surface area contributed by atoms with Crippen molar-refractivity contribution in [3.05, 3.63) is 62.6 Å². The smallest absolute Gasteiger partial charge is 0.251 e. The van der Waals surface area contributed by atoms with E-state index in [-0.39, 0.29) is 22.4 Å². The quantitative estimate of drug-likeness (QED) is 0.775. The summed E-state index contributed by atoms with van der Waals surface area (Å²) < 4.78 is 26.7. The fourth-order valence-corrected chi connectivity index (χ4v) is 3.86. The van der Waals surface area contributed by atoms with Gasteiger partial charge in [0.15, 0.2) is 0 Å². The zero-order valence-corrected chi connectivity index (χ0v) is 17.2. The zero-order valence-electron chi connectivity index (χ0n) is 14.9. The highest BCUT2D eigenvalue weighted by Gasteiger charge is 2.20. The topological polar surface area (TPSA) is 75.3 Å². The van der Waals surface area contributed by atoms with Crippen LogP contribution in [0.15, 0.2) is 35.2 Å². The maximum atomic E-state index is 12.6. The first kappa shape index (κ1) is 20.7. The van der Waals surface area contributed by atoms with Crippen molar-refractivity contribution in [2.75, 3.05) is 7.05 Å². The maximum Gasteiger partial charge on any atom is 0.251 e. The molecule has 0 bridgehead atoms. The molecule has 0 heterocycles. The van der Waals surface area contributed by atoms with Gasteiger partial charge in [-0.05, 0) is 68.8 Å². The Balaban J connectivity index is 2.33. The number of benzene rings is 2. The minimum atomic E-state index is -3.66. The largest absolute Gasteiger partial charge is 0.346 e. The number of sulfonamides is 1. The van der Waals surface area contributed by atoms with Crippen LogP contribution in [-0.2, 0) is 10.0 Å². The molecule has 0 aliphatic rings. The second kappa shape index (κ2) is 7.96. The molecular formula is C18H20Cl2N2O3S. The van der Waals surface area contributed by atoms with E-state index in [9.17, 15) is 13.2 Å². The number of halogens is 2. The van der Waals surface area contributed by atoms with Gasteiger partial charge in [0.25, 0.3) is 5.91 Å². The number of amides is 1. The fraction of sp³-hybridized carbons (Fsp3) is 0.278. The van der Waals surface area contributed by atoms with Crippen molar-refractivity contribution in [1.82, 2.24) is 10.0 Å². The lowest BCUT2D eigenvalue weighted by Gasteiger charge is -2.17. The van der Waals surface area contributed by atoms with Gasteiger partial charge in [-0.3, -0.25) is 4.79 Å². The van der Waals surface area contributed by atoms with Crippen molar-refractivity contribution < 1.29 is 13.2 Å².